The molecule has 196 valence electrons. The molecule has 4 rings (SSSR count). The van der Waals surface area contributed by atoms with E-state index in [1.165, 1.54) is 43.5 Å². The van der Waals surface area contributed by atoms with E-state index in [-0.39, 0.29) is 17.0 Å². The molecule has 0 unspecified atom stereocenters. The third kappa shape index (κ3) is 5.45. The number of rotatable bonds is 6. The molecule has 1 aromatic carbocycles. The second-order valence-electron chi connectivity index (χ2n) is 7.72. The van der Waals surface area contributed by atoms with Gasteiger partial charge in [-0.2, -0.15) is 31.0 Å². The van der Waals surface area contributed by atoms with E-state index in [4.69, 9.17) is 0 Å². The topological polar surface area (TPSA) is 95.6 Å². The van der Waals surface area contributed by atoms with Crippen molar-refractivity contribution in [1.29, 1.82) is 0 Å². The van der Waals surface area contributed by atoms with Crippen molar-refractivity contribution in [3.05, 3.63) is 70.9 Å². The molecule has 8 nitrogen and oxygen atoms in total. The lowest BCUT2D eigenvalue weighted by atomic mass is 10.1. The molecule has 0 amide bonds. The average molecular weight is 546 g/mol. The lowest BCUT2D eigenvalue weighted by Gasteiger charge is -2.11. The normalized spacial score (nSPS) is 12.7. The fourth-order valence-electron chi connectivity index (χ4n) is 3.33. The minimum Gasteiger partial charge on any atom is -0.484 e. The fraction of sp³-hybridized carbons (Fsp3) is 0.227. The predicted molar refractivity (Wildman–Crippen MR) is 118 cm³/mol. The molecule has 0 aliphatic rings. The SMILES string of the molecule is CCS(=O)(=O)c1cc(-c2ccc(OCC(F)(F)F)cc2)cnc1-n1nc2ccc(C(F)(F)F)cn2c1=O. The van der Waals surface area contributed by atoms with Gasteiger partial charge in [0.15, 0.2) is 27.9 Å². The zero-order valence-corrected chi connectivity index (χ0v) is 19.5. The van der Waals surface area contributed by atoms with Gasteiger partial charge in [0.1, 0.15) is 10.6 Å². The maximum absolute atomic E-state index is 13.1. The van der Waals surface area contributed by atoms with Crippen LogP contribution in [-0.4, -0.2) is 46.1 Å². The summed E-state index contributed by atoms with van der Waals surface area (Å²) in [6, 6.07) is 8.19. The summed E-state index contributed by atoms with van der Waals surface area (Å²) in [6.45, 7) is -0.139. The summed E-state index contributed by atoms with van der Waals surface area (Å²) in [7, 11) is -4.03. The van der Waals surface area contributed by atoms with Crippen LogP contribution in [0.4, 0.5) is 26.3 Å². The zero-order chi connectivity index (χ0) is 27.2. The number of hydrogen-bond acceptors (Lipinski definition) is 6. The van der Waals surface area contributed by atoms with Crippen LogP contribution < -0.4 is 10.4 Å². The van der Waals surface area contributed by atoms with Crippen LogP contribution in [0.25, 0.3) is 22.6 Å². The Balaban J connectivity index is 1.79. The maximum atomic E-state index is 13.1. The lowest BCUT2D eigenvalue weighted by molar-refractivity contribution is -0.153. The molecule has 0 aliphatic heterocycles. The van der Waals surface area contributed by atoms with Crippen LogP contribution in [0.3, 0.4) is 0 Å². The lowest BCUT2D eigenvalue weighted by Crippen LogP contribution is -2.23. The van der Waals surface area contributed by atoms with E-state index in [1.54, 1.807) is 0 Å². The van der Waals surface area contributed by atoms with Crippen LogP contribution in [0.15, 0.2) is 64.5 Å². The van der Waals surface area contributed by atoms with Crippen molar-refractivity contribution in [3.8, 4) is 22.7 Å². The van der Waals surface area contributed by atoms with Crippen molar-refractivity contribution in [2.24, 2.45) is 0 Å². The van der Waals surface area contributed by atoms with E-state index in [0.29, 0.717) is 20.8 Å². The number of ether oxygens (including phenoxy) is 1. The van der Waals surface area contributed by atoms with Gasteiger partial charge >= 0.3 is 18.0 Å². The molecule has 0 fully saturated rings. The van der Waals surface area contributed by atoms with Gasteiger partial charge in [-0.15, -0.1) is 5.10 Å². The van der Waals surface area contributed by atoms with E-state index in [1.807, 2.05) is 0 Å². The number of hydrogen-bond donors (Lipinski definition) is 0. The van der Waals surface area contributed by atoms with E-state index < -0.39 is 56.5 Å². The molecule has 0 radical (unpaired) electrons. The summed E-state index contributed by atoms with van der Waals surface area (Å²) in [4.78, 5) is 16.5. The molecule has 0 atom stereocenters. The predicted octanol–water partition coefficient (Wildman–Crippen LogP) is 4.30. The Labute approximate surface area is 204 Å². The van der Waals surface area contributed by atoms with Crippen molar-refractivity contribution < 1.29 is 39.5 Å². The van der Waals surface area contributed by atoms with E-state index >= 15 is 0 Å². The summed E-state index contributed by atoms with van der Waals surface area (Å²) < 4.78 is 108. The molecule has 3 heterocycles. The molecule has 3 aromatic heterocycles. The third-order valence-corrected chi connectivity index (χ3v) is 6.91. The van der Waals surface area contributed by atoms with Crippen LogP contribution >= 0.6 is 0 Å². The summed E-state index contributed by atoms with van der Waals surface area (Å²) >= 11 is 0. The van der Waals surface area contributed by atoms with E-state index in [2.05, 4.69) is 14.8 Å². The van der Waals surface area contributed by atoms with Crippen LogP contribution in [-0.2, 0) is 16.0 Å². The van der Waals surface area contributed by atoms with Gasteiger partial charge < -0.3 is 4.74 Å². The minimum atomic E-state index is -4.72. The first-order valence-corrected chi connectivity index (χ1v) is 12.1. The van der Waals surface area contributed by atoms with Crippen LogP contribution in [0.5, 0.6) is 5.75 Å². The van der Waals surface area contributed by atoms with Crippen molar-refractivity contribution in [1.82, 2.24) is 19.2 Å². The molecule has 0 saturated heterocycles. The molecular weight excluding hydrogens is 530 g/mol. The highest BCUT2D eigenvalue weighted by atomic mass is 32.2. The Hall–Kier alpha value is -3.88. The van der Waals surface area contributed by atoms with Gasteiger partial charge in [0.2, 0.25) is 0 Å². The van der Waals surface area contributed by atoms with Gasteiger partial charge in [0.05, 0.1) is 11.3 Å². The molecule has 37 heavy (non-hydrogen) atoms. The number of aromatic nitrogens is 4. The quantitative estimate of drug-likeness (QED) is 0.335. The summed E-state index contributed by atoms with van der Waals surface area (Å²) in [6.07, 6.45) is -7.50. The fourth-order valence-corrected chi connectivity index (χ4v) is 4.36. The molecule has 0 aliphatic carbocycles. The van der Waals surface area contributed by atoms with Crippen molar-refractivity contribution >= 4 is 15.5 Å². The third-order valence-electron chi connectivity index (χ3n) is 5.18. The highest BCUT2D eigenvalue weighted by Crippen LogP contribution is 2.30. The average Bonchev–Trinajstić information content (AvgIpc) is 3.17. The molecule has 0 spiro atoms. The molecule has 0 saturated carbocycles. The molecule has 15 heteroatoms. The second-order valence-corrected chi connectivity index (χ2v) is 9.96. The number of alkyl halides is 6. The van der Waals surface area contributed by atoms with E-state index in [0.717, 1.165) is 12.1 Å². The first kappa shape index (κ1) is 26.2. The second kappa shape index (κ2) is 9.21. The van der Waals surface area contributed by atoms with Crippen molar-refractivity contribution in [2.45, 2.75) is 24.2 Å². The Bertz CT molecular complexity index is 1620. The minimum absolute atomic E-state index is 0.0680. The van der Waals surface area contributed by atoms with Crippen molar-refractivity contribution in [2.75, 3.05) is 12.4 Å². The molecule has 0 bridgehead atoms. The van der Waals surface area contributed by atoms with Gasteiger partial charge in [0.25, 0.3) is 0 Å². The Morgan fingerprint density at radius 1 is 0.973 bits per heavy atom. The summed E-state index contributed by atoms with van der Waals surface area (Å²) in [5.41, 5.74) is -1.72. The van der Waals surface area contributed by atoms with Gasteiger partial charge in [-0.25, -0.2) is 22.6 Å². The molecular formula is C22H16F6N4O4S. The largest absolute Gasteiger partial charge is 0.484 e. The molecule has 0 N–H and O–H groups in total. The Kier molecular flexibility index (Phi) is 6.52. The van der Waals surface area contributed by atoms with Gasteiger partial charge in [-0.1, -0.05) is 19.1 Å². The van der Waals surface area contributed by atoms with Gasteiger partial charge in [0, 0.05) is 18.0 Å². The number of sulfone groups is 1. The number of pyridine rings is 2. The van der Waals surface area contributed by atoms with Crippen molar-refractivity contribution in [3.63, 3.8) is 0 Å². The first-order chi connectivity index (χ1) is 17.2. The summed E-state index contributed by atoms with van der Waals surface area (Å²) in [5, 5.41) is 3.93. The van der Waals surface area contributed by atoms with E-state index in [9.17, 15) is 39.6 Å². The van der Waals surface area contributed by atoms with Crippen LogP contribution in [0.1, 0.15) is 12.5 Å². The standard InChI is InChI=1S/C22H16F6N4O4S/c1-2-37(34,35)17-9-14(13-3-6-16(7-4-13)36-12-21(23,24)25)10-29-19(17)32-20(33)31-11-15(22(26,27)28)5-8-18(31)30-32/h3-11H,2,12H2,1H3. The van der Waals surface area contributed by atoms with Crippen LogP contribution in [0, 0.1) is 0 Å². The summed E-state index contributed by atoms with van der Waals surface area (Å²) in [5.74, 6) is -0.880. The number of halogens is 6. The monoisotopic (exact) mass is 546 g/mol. The maximum Gasteiger partial charge on any atom is 0.422 e. The van der Waals surface area contributed by atoms with Gasteiger partial charge in [-0.05, 0) is 35.9 Å². The molecule has 4 aromatic rings. The number of benzene rings is 1. The Morgan fingerprint density at radius 2 is 1.65 bits per heavy atom. The smallest absolute Gasteiger partial charge is 0.422 e. The highest BCUT2D eigenvalue weighted by molar-refractivity contribution is 7.91. The zero-order valence-electron chi connectivity index (χ0n) is 18.7. The first-order valence-electron chi connectivity index (χ1n) is 10.4. The number of nitrogens with zero attached hydrogens (tertiary/aromatic N) is 4. The van der Waals surface area contributed by atoms with Crippen LogP contribution in [0.2, 0.25) is 0 Å². The van der Waals surface area contributed by atoms with Gasteiger partial charge in [-0.3, -0.25) is 0 Å². The number of fused-ring (bicyclic) bond motifs is 1. The highest BCUT2D eigenvalue weighted by Gasteiger charge is 2.32. The Morgan fingerprint density at radius 3 is 2.24 bits per heavy atom.